The van der Waals surface area contributed by atoms with Gasteiger partial charge in [0.2, 0.25) is 65.0 Å². The van der Waals surface area contributed by atoms with Gasteiger partial charge in [-0.15, -0.1) is 0 Å². The Hall–Kier alpha value is -9.01. The fourth-order valence-corrected chi connectivity index (χ4v) is 9.84. The second-order valence-corrected chi connectivity index (χ2v) is 23.3. The van der Waals surface area contributed by atoms with Gasteiger partial charge >= 0.3 is 35.8 Å². The summed E-state index contributed by atoms with van der Waals surface area (Å²) < 4.78 is 0. The quantitative estimate of drug-likeness (QED) is 0.0273. The van der Waals surface area contributed by atoms with Crippen molar-refractivity contribution in [1.29, 1.82) is 0 Å². The van der Waals surface area contributed by atoms with Crippen LogP contribution in [0.15, 0.2) is 0 Å². The molecule has 0 fully saturated rings. The molecule has 11 amide bonds. The number of carbonyl (C=O) groups is 17. The Balaban J connectivity index is 6.27. The number of carboxylic acids is 6. The standard InChI is InChI=1S/C60H99N11O23/c1-6-7-8-9-10-11-12-13-14-15-16-17-18-19-47(75)62-39(2)29-67(41(4)72)35-48(76)63-40(3)30-68(42(5)73)36-49(77)64-44(21-24-56(85)86)32-70(53(81)27-59(91)92)38-51(79)66-45(22-25-57(87)88)33-71(54(82)28-60(93)94)37-50(78)65-43(20-23-55(83)84)31-69(34-46(61)74)52(80)26-58(89)90/h39-40,43-45H,6-38H2,1-5H3,(H2,61,74)(H,62,75)(H,63,76)(H,64,77)(H,65,78)(H,66,79)(H,83,84)(H,85,86)(H,87,88)(H,89,90)(H,91,92)(H,93,94)/t39-,40-,43-,44-,45-/m0/s1. The van der Waals surface area contributed by atoms with E-state index in [4.69, 9.17) is 10.8 Å². The molecule has 0 saturated carbocycles. The lowest BCUT2D eigenvalue weighted by molar-refractivity contribution is -0.147. The van der Waals surface area contributed by atoms with E-state index in [2.05, 4.69) is 33.5 Å². The predicted molar refractivity (Wildman–Crippen MR) is 332 cm³/mol. The van der Waals surface area contributed by atoms with Gasteiger partial charge in [-0.2, -0.15) is 0 Å². The van der Waals surface area contributed by atoms with Crippen LogP contribution in [-0.4, -0.2) is 252 Å². The van der Waals surface area contributed by atoms with E-state index in [-0.39, 0.29) is 19.0 Å². The van der Waals surface area contributed by atoms with Crippen LogP contribution < -0.4 is 32.3 Å². The molecule has 13 N–H and O–H groups in total. The van der Waals surface area contributed by atoms with Gasteiger partial charge in [-0.1, -0.05) is 84.0 Å². The largest absolute Gasteiger partial charge is 0.481 e. The molecule has 0 aliphatic heterocycles. The maximum atomic E-state index is 13.9. The number of carboxylic acid groups (broad SMARTS) is 6. The molecule has 0 heterocycles. The third-order valence-electron chi connectivity index (χ3n) is 14.4. The summed E-state index contributed by atoms with van der Waals surface area (Å²) in [6.07, 6.45) is 8.03. The topological polar surface area (TPSA) is 514 Å². The fourth-order valence-electron chi connectivity index (χ4n) is 9.84. The number of primary amides is 1. The van der Waals surface area contributed by atoms with Crippen LogP contribution in [0.5, 0.6) is 0 Å². The molecule has 0 bridgehead atoms. The first-order valence-electron chi connectivity index (χ1n) is 31.5. The molecular formula is C60H99N11O23. The van der Waals surface area contributed by atoms with Crippen LogP contribution in [0.3, 0.4) is 0 Å². The first kappa shape index (κ1) is 85.0. The van der Waals surface area contributed by atoms with E-state index in [0.717, 1.165) is 31.1 Å². The molecule has 5 atom stereocenters. The second-order valence-electron chi connectivity index (χ2n) is 23.3. The van der Waals surface area contributed by atoms with Crippen LogP contribution in [-0.2, 0) is 81.5 Å². The van der Waals surface area contributed by atoms with Gasteiger partial charge in [0.1, 0.15) is 19.3 Å². The summed E-state index contributed by atoms with van der Waals surface area (Å²) in [5, 5.41) is 69.4. The summed E-state index contributed by atoms with van der Waals surface area (Å²) in [6, 6.07) is -5.68. The molecule has 34 heteroatoms. The highest BCUT2D eigenvalue weighted by atomic mass is 16.4. The van der Waals surface area contributed by atoms with Gasteiger partial charge in [-0.3, -0.25) is 81.5 Å². The highest BCUT2D eigenvalue weighted by molar-refractivity contribution is 5.97. The molecule has 0 aromatic heterocycles. The lowest BCUT2D eigenvalue weighted by atomic mass is 10.0. The van der Waals surface area contributed by atoms with Crippen LogP contribution in [0.1, 0.15) is 182 Å². The number of hydrogen-bond donors (Lipinski definition) is 12. The van der Waals surface area contributed by atoms with Gasteiger partial charge in [-0.25, -0.2) is 0 Å². The summed E-state index contributed by atoms with van der Waals surface area (Å²) in [4.78, 5) is 218. The third-order valence-corrected chi connectivity index (χ3v) is 14.4. The number of nitrogens with zero attached hydrogens (tertiary/aromatic N) is 5. The van der Waals surface area contributed by atoms with E-state index in [9.17, 15) is 107 Å². The Bertz CT molecular complexity index is 2570. The van der Waals surface area contributed by atoms with Gasteiger partial charge in [0.15, 0.2) is 0 Å². The summed E-state index contributed by atoms with van der Waals surface area (Å²) in [7, 11) is 0. The van der Waals surface area contributed by atoms with Crippen molar-refractivity contribution in [2.75, 3.05) is 65.4 Å². The lowest BCUT2D eigenvalue weighted by Crippen LogP contribution is -2.55. The minimum atomic E-state index is -1.72. The SMILES string of the molecule is CCCCCCCCCCCCCCCC(=O)N[C@@H](C)CN(CC(=O)N[C@@H](C)CN(CC(=O)N[C@@H](CCC(=O)O)CN(CC(=O)N[C@@H](CCC(=O)O)CN(CC(=O)N[C@@H](CCC(=O)O)CN(CC(N)=O)C(=O)CC(=O)O)C(=O)CC(=O)O)C(=O)CC(=O)O)C(C)=O)C(C)=O. The maximum absolute atomic E-state index is 13.9. The van der Waals surface area contributed by atoms with E-state index in [1.165, 1.54) is 76.5 Å². The molecule has 0 aliphatic rings. The minimum Gasteiger partial charge on any atom is -0.481 e. The van der Waals surface area contributed by atoms with Crippen LogP contribution in [0.2, 0.25) is 0 Å². The number of carbonyl (C=O) groups excluding carboxylic acids is 11. The smallest absolute Gasteiger partial charge is 0.312 e. The Morgan fingerprint density at radius 2 is 0.596 bits per heavy atom. The van der Waals surface area contributed by atoms with Gasteiger partial charge < -0.3 is 87.5 Å². The first-order valence-corrected chi connectivity index (χ1v) is 31.5. The Morgan fingerprint density at radius 1 is 0.330 bits per heavy atom. The second kappa shape index (κ2) is 47.8. The zero-order chi connectivity index (χ0) is 71.5. The van der Waals surface area contributed by atoms with Crippen molar-refractivity contribution >= 4 is 101 Å². The number of aliphatic carboxylic acids is 6. The lowest BCUT2D eigenvalue weighted by Gasteiger charge is -2.31. The van der Waals surface area contributed by atoms with Crippen LogP contribution in [0, 0.1) is 0 Å². The van der Waals surface area contributed by atoms with E-state index < -0.39 is 235 Å². The molecule has 0 aromatic rings. The van der Waals surface area contributed by atoms with Crippen molar-refractivity contribution in [3.05, 3.63) is 0 Å². The molecule has 0 rings (SSSR count). The number of amides is 11. The third kappa shape index (κ3) is 43.7. The van der Waals surface area contributed by atoms with Gasteiger partial charge in [-0.05, 0) is 39.5 Å². The van der Waals surface area contributed by atoms with Gasteiger partial charge in [0, 0.05) is 102 Å². The van der Waals surface area contributed by atoms with Crippen molar-refractivity contribution in [2.45, 2.75) is 213 Å². The fraction of sp³-hybridized carbons (Fsp3) is 0.717. The zero-order valence-electron chi connectivity index (χ0n) is 54.7. The normalized spacial score (nSPS) is 12.4. The summed E-state index contributed by atoms with van der Waals surface area (Å²) in [5.74, 6) is -19.5. The molecule has 0 unspecified atom stereocenters. The van der Waals surface area contributed by atoms with Crippen LogP contribution >= 0.6 is 0 Å². The van der Waals surface area contributed by atoms with Crippen molar-refractivity contribution in [2.24, 2.45) is 5.73 Å². The van der Waals surface area contributed by atoms with E-state index in [1.54, 1.807) is 6.92 Å². The predicted octanol–water partition coefficient (Wildman–Crippen LogP) is -0.382. The number of rotatable bonds is 54. The summed E-state index contributed by atoms with van der Waals surface area (Å²) in [5.41, 5.74) is 5.21. The van der Waals surface area contributed by atoms with E-state index in [0.29, 0.717) is 27.5 Å². The van der Waals surface area contributed by atoms with Crippen molar-refractivity contribution in [1.82, 2.24) is 51.1 Å². The average Bonchev–Trinajstić information content (AvgIpc) is 0.992. The average molecular weight is 1340 g/mol. The number of hydrogen-bond acceptors (Lipinski definition) is 17. The Kier molecular flexibility index (Phi) is 43.2. The number of nitrogens with one attached hydrogen (secondary N) is 5. The number of nitrogens with two attached hydrogens (primary N) is 1. The molecular weight excluding hydrogens is 1240 g/mol. The van der Waals surface area contributed by atoms with E-state index >= 15 is 0 Å². The molecule has 34 nitrogen and oxygen atoms in total. The highest BCUT2D eigenvalue weighted by Crippen LogP contribution is 2.14. The van der Waals surface area contributed by atoms with Crippen LogP contribution in [0.4, 0.5) is 0 Å². The monoisotopic (exact) mass is 1340 g/mol. The molecule has 0 radical (unpaired) electrons. The number of unbranched alkanes of at least 4 members (excludes halogenated alkanes) is 12. The highest BCUT2D eigenvalue weighted by Gasteiger charge is 2.31. The van der Waals surface area contributed by atoms with Crippen molar-refractivity contribution in [3.63, 3.8) is 0 Å². The maximum Gasteiger partial charge on any atom is 0.312 e. The Morgan fingerprint density at radius 3 is 0.872 bits per heavy atom. The zero-order valence-corrected chi connectivity index (χ0v) is 54.7. The van der Waals surface area contributed by atoms with Crippen molar-refractivity contribution < 1.29 is 112 Å². The molecule has 0 aliphatic carbocycles. The van der Waals surface area contributed by atoms with Crippen molar-refractivity contribution in [3.8, 4) is 0 Å². The minimum absolute atomic E-state index is 0.000109. The summed E-state index contributed by atoms with van der Waals surface area (Å²) in [6.45, 7) is 0.890. The van der Waals surface area contributed by atoms with Crippen LogP contribution in [0.25, 0.3) is 0 Å². The summed E-state index contributed by atoms with van der Waals surface area (Å²) >= 11 is 0. The molecule has 94 heavy (non-hydrogen) atoms. The van der Waals surface area contributed by atoms with E-state index in [1.807, 2.05) is 0 Å². The molecule has 0 aromatic carbocycles. The van der Waals surface area contributed by atoms with Gasteiger partial charge in [0.05, 0.1) is 32.7 Å². The molecule has 0 saturated heterocycles. The molecule has 532 valence electrons. The molecule has 0 spiro atoms. The first-order chi connectivity index (χ1) is 44.1. The Labute approximate surface area is 546 Å². The van der Waals surface area contributed by atoms with Gasteiger partial charge in [0.25, 0.3) is 0 Å².